The molecule has 5 heteroatoms. The van der Waals surface area contributed by atoms with Crippen LogP contribution in [-0.2, 0) is 6.54 Å². The Labute approximate surface area is 123 Å². The molecule has 0 saturated carbocycles. The van der Waals surface area contributed by atoms with Crippen LogP contribution in [0.25, 0.3) is 11.0 Å². The summed E-state index contributed by atoms with van der Waals surface area (Å²) in [6.07, 6.45) is 1.17. The molecule has 0 bridgehead atoms. The van der Waals surface area contributed by atoms with E-state index in [1.165, 1.54) is 12.5 Å². The van der Waals surface area contributed by atoms with Crippen LogP contribution in [0.15, 0.2) is 18.2 Å². The summed E-state index contributed by atoms with van der Waals surface area (Å²) in [5, 5.41) is -0.221. The summed E-state index contributed by atoms with van der Waals surface area (Å²) in [4.78, 5) is 6.74. The van der Waals surface area contributed by atoms with Crippen molar-refractivity contribution in [1.29, 1.82) is 0 Å². The Hall–Kier alpha value is -1.13. The van der Waals surface area contributed by atoms with Gasteiger partial charge in [-0.15, -0.1) is 11.6 Å². The fraction of sp³-hybridized carbons (Fsp3) is 0.533. The van der Waals surface area contributed by atoms with Gasteiger partial charge >= 0.3 is 0 Å². The molecule has 108 valence electrons. The van der Waals surface area contributed by atoms with Crippen LogP contribution in [0.5, 0.6) is 0 Å². The van der Waals surface area contributed by atoms with Crippen molar-refractivity contribution in [2.24, 2.45) is 5.92 Å². The van der Waals surface area contributed by atoms with E-state index in [1.807, 2.05) is 13.0 Å². The molecule has 0 amide bonds. The van der Waals surface area contributed by atoms with Crippen LogP contribution in [0.1, 0.15) is 24.5 Å². The molecule has 3 rings (SSSR count). The van der Waals surface area contributed by atoms with Crippen molar-refractivity contribution in [3.05, 3.63) is 29.8 Å². The molecule has 2 unspecified atom stereocenters. The molecule has 0 spiro atoms. The Balaban J connectivity index is 2.03. The lowest BCUT2D eigenvalue weighted by Gasteiger charge is -2.15. The van der Waals surface area contributed by atoms with E-state index in [0.29, 0.717) is 11.4 Å². The highest BCUT2D eigenvalue weighted by Crippen LogP contribution is 2.28. The molecule has 1 aliphatic rings. The number of fused-ring (bicyclic) bond motifs is 1. The van der Waals surface area contributed by atoms with Gasteiger partial charge in [0, 0.05) is 13.1 Å². The highest BCUT2D eigenvalue weighted by Gasteiger charge is 2.24. The van der Waals surface area contributed by atoms with E-state index in [9.17, 15) is 4.39 Å². The first-order valence-electron chi connectivity index (χ1n) is 7.03. The lowest BCUT2D eigenvalue weighted by Crippen LogP contribution is -2.18. The van der Waals surface area contributed by atoms with Gasteiger partial charge in [0.15, 0.2) is 5.82 Å². The van der Waals surface area contributed by atoms with Crippen LogP contribution in [-0.4, -0.2) is 34.6 Å². The topological polar surface area (TPSA) is 21.1 Å². The van der Waals surface area contributed by atoms with Crippen LogP contribution in [0.4, 0.5) is 4.39 Å². The van der Waals surface area contributed by atoms with Crippen molar-refractivity contribution < 1.29 is 4.39 Å². The van der Waals surface area contributed by atoms with Crippen LogP contribution in [0.2, 0.25) is 0 Å². The van der Waals surface area contributed by atoms with Crippen molar-refractivity contribution in [3.8, 4) is 0 Å². The van der Waals surface area contributed by atoms with Gasteiger partial charge in [-0.2, -0.15) is 0 Å². The molecule has 0 aliphatic carbocycles. The van der Waals surface area contributed by atoms with Crippen molar-refractivity contribution in [2.75, 3.05) is 20.1 Å². The monoisotopic (exact) mass is 295 g/mol. The Morgan fingerprint density at radius 1 is 1.50 bits per heavy atom. The Morgan fingerprint density at radius 2 is 2.30 bits per heavy atom. The fourth-order valence-corrected chi connectivity index (χ4v) is 3.23. The lowest BCUT2D eigenvalue weighted by molar-refractivity contribution is 0.377. The molecule has 20 heavy (non-hydrogen) atoms. The van der Waals surface area contributed by atoms with Crippen LogP contribution in [0.3, 0.4) is 0 Å². The number of benzene rings is 1. The summed E-state index contributed by atoms with van der Waals surface area (Å²) in [7, 11) is 2.14. The third kappa shape index (κ3) is 2.42. The minimum absolute atomic E-state index is 0.221. The fourth-order valence-electron chi connectivity index (χ4n) is 3.06. The van der Waals surface area contributed by atoms with Gasteiger partial charge < -0.3 is 9.47 Å². The maximum atomic E-state index is 13.9. The van der Waals surface area contributed by atoms with Gasteiger partial charge in [-0.3, -0.25) is 0 Å². The van der Waals surface area contributed by atoms with Crippen LogP contribution >= 0.6 is 11.6 Å². The molecule has 0 N–H and O–H groups in total. The molecule has 1 fully saturated rings. The van der Waals surface area contributed by atoms with Crippen molar-refractivity contribution in [3.63, 3.8) is 0 Å². The molecular weight excluding hydrogens is 277 g/mol. The molecule has 2 aromatic rings. The average molecular weight is 296 g/mol. The number of hydrogen-bond donors (Lipinski definition) is 0. The third-order valence-corrected chi connectivity index (χ3v) is 4.24. The predicted octanol–water partition coefficient (Wildman–Crippen LogP) is 3.43. The number of halogens is 2. The third-order valence-electron chi connectivity index (χ3n) is 4.04. The molecule has 1 aromatic heterocycles. The number of alkyl halides is 1. The number of nitrogens with zero attached hydrogens (tertiary/aromatic N) is 3. The van der Waals surface area contributed by atoms with Crippen molar-refractivity contribution in [2.45, 2.75) is 25.3 Å². The first kappa shape index (κ1) is 13.8. The number of imidazole rings is 1. The SMILES string of the molecule is CC(Cl)c1nc2c(F)cccc2n1CC1CCN(C)C1. The number of likely N-dealkylation sites (tertiary alicyclic amines) is 1. The van der Waals surface area contributed by atoms with Crippen LogP contribution in [0, 0.1) is 11.7 Å². The zero-order valence-electron chi connectivity index (χ0n) is 11.8. The Morgan fingerprint density at radius 3 is 2.95 bits per heavy atom. The number of para-hydroxylation sites is 1. The predicted molar refractivity (Wildman–Crippen MR) is 79.6 cm³/mol. The van der Waals surface area contributed by atoms with E-state index < -0.39 is 0 Å². The average Bonchev–Trinajstić information content (AvgIpc) is 2.96. The van der Waals surface area contributed by atoms with Gasteiger partial charge in [0.1, 0.15) is 11.3 Å². The summed E-state index contributed by atoms with van der Waals surface area (Å²) in [6, 6.07) is 5.11. The normalized spacial score (nSPS) is 21.7. The highest BCUT2D eigenvalue weighted by atomic mass is 35.5. The maximum absolute atomic E-state index is 13.9. The van der Waals surface area contributed by atoms with E-state index >= 15 is 0 Å². The minimum Gasteiger partial charge on any atom is -0.326 e. The zero-order chi connectivity index (χ0) is 14.3. The zero-order valence-corrected chi connectivity index (χ0v) is 12.6. The quantitative estimate of drug-likeness (QED) is 0.809. The Bertz CT molecular complexity index is 623. The van der Waals surface area contributed by atoms with E-state index in [4.69, 9.17) is 11.6 Å². The smallest absolute Gasteiger partial charge is 0.151 e. The summed E-state index contributed by atoms with van der Waals surface area (Å²) < 4.78 is 16.0. The summed E-state index contributed by atoms with van der Waals surface area (Å²) >= 11 is 6.23. The standard InChI is InChI=1S/C15H19ClFN3/c1-10(16)15-18-14-12(17)4-3-5-13(14)20(15)9-11-6-7-19(2)8-11/h3-5,10-11H,6-9H2,1-2H3. The minimum atomic E-state index is -0.275. The van der Waals surface area contributed by atoms with Gasteiger partial charge in [-0.25, -0.2) is 9.37 Å². The molecule has 1 aliphatic heterocycles. The molecule has 1 aromatic carbocycles. The first-order chi connectivity index (χ1) is 9.56. The maximum Gasteiger partial charge on any atom is 0.151 e. The second-order valence-electron chi connectivity index (χ2n) is 5.72. The van der Waals surface area contributed by atoms with Crippen molar-refractivity contribution >= 4 is 22.6 Å². The molecule has 3 nitrogen and oxygen atoms in total. The second kappa shape index (κ2) is 5.34. The number of rotatable bonds is 3. The second-order valence-corrected chi connectivity index (χ2v) is 6.38. The summed E-state index contributed by atoms with van der Waals surface area (Å²) in [5.74, 6) is 1.07. The van der Waals surface area contributed by atoms with E-state index in [-0.39, 0.29) is 11.2 Å². The van der Waals surface area contributed by atoms with Crippen molar-refractivity contribution in [1.82, 2.24) is 14.5 Å². The largest absolute Gasteiger partial charge is 0.326 e. The van der Waals surface area contributed by atoms with E-state index in [0.717, 1.165) is 31.0 Å². The molecule has 2 heterocycles. The van der Waals surface area contributed by atoms with Gasteiger partial charge in [-0.05, 0) is 45.0 Å². The van der Waals surface area contributed by atoms with Gasteiger partial charge in [0.25, 0.3) is 0 Å². The molecular formula is C15H19ClFN3. The summed E-state index contributed by atoms with van der Waals surface area (Å²) in [5.41, 5.74) is 1.28. The van der Waals surface area contributed by atoms with Gasteiger partial charge in [-0.1, -0.05) is 6.07 Å². The summed E-state index contributed by atoms with van der Waals surface area (Å²) in [6.45, 7) is 4.94. The van der Waals surface area contributed by atoms with E-state index in [1.54, 1.807) is 6.07 Å². The highest BCUT2D eigenvalue weighted by molar-refractivity contribution is 6.20. The molecule has 1 saturated heterocycles. The van der Waals surface area contributed by atoms with Crippen LogP contribution < -0.4 is 0 Å². The molecule has 0 radical (unpaired) electrons. The first-order valence-corrected chi connectivity index (χ1v) is 7.47. The van der Waals surface area contributed by atoms with E-state index in [2.05, 4.69) is 21.5 Å². The molecule has 2 atom stereocenters. The van der Waals surface area contributed by atoms with Gasteiger partial charge in [0.05, 0.1) is 10.9 Å². The number of hydrogen-bond acceptors (Lipinski definition) is 2. The lowest BCUT2D eigenvalue weighted by atomic mass is 10.1. The number of aromatic nitrogens is 2. The Kier molecular flexibility index (Phi) is 3.69. The van der Waals surface area contributed by atoms with Gasteiger partial charge in [0.2, 0.25) is 0 Å².